The molecule has 172 valence electrons. The molecule has 0 saturated carbocycles. The van der Waals surface area contributed by atoms with Crippen molar-refractivity contribution in [3.63, 3.8) is 0 Å². The fourth-order valence-corrected chi connectivity index (χ4v) is 4.20. The first kappa shape index (κ1) is 23.5. The molecule has 1 spiro atoms. The smallest absolute Gasteiger partial charge is 0.410 e. The molecule has 31 heavy (non-hydrogen) atoms. The molecule has 2 heterocycles. The van der Waals surface area contributed by atoms with Crippen molar-refractivity contribution in [1.82, 2.24) is 4.90 Å². The van der Waals surface area contributed by atoms with Gasteiger partial charge in [0.1, 0.15) is 12.7 Å². The number of rotatable bonds is 6. The van der Waals surface area contributed by atoms with Crippen LogP contribution in [0.5, 0.6) is 0 Å². The molecule has 1 aromatic rings. The summed E-state index contributed by atoms with van der Waals surface area (Å²) in [5, 5.41) is 21.2. The molecule has 2 fully saturated rings. The molecule has 0 aromatic heterocycles. The second kappa shape index (κ2) is 10.4. The van der Waals surface area contributed by atoms with Crippen molar-refractivity contribution in [2.24, 2.45) is 0 Å². The average molecular weight is 437 g/mol. The predicted octanol–water partition coefficient (Wildman–Crippen LogP) is 1.59. The van der Waals surface area contributed by atoms with Gasteiger partial charge < -0.3 is 29.2 Å². The second-order valence-electron chi connectivity index (χ2n) is 7.92. The first-order valence-electron chi connectivity index (χ1n) is 10.7. The lowest BCUT2D eigenvalue weighted by Crippen LogP contribution is -2.64. The lowest BCUT2D eigenvalue weighted by Gasteiger charge is -2.51. The summed E-state index contributed by atoms with van der Waals surface area (Å²) in [5.41, 5.74) is 0.819. The zero-order valence-electron chi connectivity index (χ0n) is 17.9. The van der Waals surface area contributed by atoms with Crippen molar-refractivity contribution < 1.29 is 38.7 Å². The Balaban J connectivity index is 1.80. The highest BCUT2D eigenvalue weighted by atomic mass is 16.7. The van der Waals surface area contributed by atoms with E-state index >= 15 is 0 Å². The van der Waals surface area contributed by atoms with Gasteiger partial charge in [-0.15, -0.1) is 0 Å². The van der Waals surface area contributed by atoms with E-state index in [1.165, 1.54) is 4.90 Å². The van der Waals surface area contributed by atoms with Crippen molar-refractivity contribution in [2.45, 2.75) is 69.8 Å². The van der Waals surface area contributed by atoms with Crippen LogP contribution < -0.4 is 0 Å². The quantitative estimate of drug-likeness (QED) is 0.645. The first-order chi connectivity index (χ1) is 14.9. The van der Waals surface area contributed by atoms with E-state index in [1.807, 2.05) is 30.3 Å². The molecule has 2 aliphatic rings. The van der Waals surface area contributed by atoms with Gasteiger partial charge >= 0.3 is 12.1 Å². The van der Waals surface area contributed by atoms with Gasteiger partial charge in [-0.05, 0) is 25.8 Å². The number of nitrogens with zero attached hydrogens (tertiary/aromatic N) is 1. The topological polar surface area (TPSA) is 115 Å². The van der Waals surface area contributed by atoms with Crippen molar-refractivity contribution in [2.75, 3.05) is 19.8 Å². The first-order valence-corrected chi connectivity index (χ1v) is 10.7. The molecule has 0 bridgehead atoms. The molecule has 0 aliphatic carbocycles. The zero-order chi connectivity index (χ0) is 22.4. The van der Waals surface area contributed by atoms with Crippen LogP contribution in [0.1, 0.15) is 38.7 Å². The van der Waals surface area contributed by atoms with Crippen molar-refractivity contribution in [3.8, 4) is 0 Å². The third-order valence-electron chi connectivity index (χ3n) is 5.64. The van der Waals surface area contributed by atoms with E-state index in [4.69, 9.17) is 18.9 Å². The molecule has 2 saturated heterocycles. The number of hydrogen-bond donors (Lipinski definition) is 2. The number of carbonyl (C=O) groups excluding carboxylic acids is 2. The van der Waals surface area contributed by atoms with E-state index in [0.29, 0.717) is 19.6 Å². The molecular formula is C22H31NO8. The SMILES string of the molecule is CCOC(=O)[C@@H](O)[C@H](O)[C@H]1CC2(C[C@@H](C)N1C(=O)OCc1ccccc1)OCCCO2. The lowest BCUT2D eigenvalue weighted by molar-refractivity contribution is -0.299. The Hall–Kier alpha value is -2.20. The minimum atomic E-state index is -1.82. The second-order valence-corrected chi connectivity index (χ2v) is 7.92. The van der Waals surface area contributed by atoms with Crippen LogP contribution >= 0.6 is 0 Å². The highest BCUT2D eigenvalue weighted by Crippen LogP contribution is 2.39. The van der Waals surface area contributed by atoms with Crippen molar-refractivity contribution in [3.05, 3.63) is 35.9 Å². The van der Waals surface area contributed by atoms with Crippen LogP contribution in [0.15, 0.2) is 30.3 Å². The number of aliphatic hydroxyl groups is 2. The largest absolute Gasteiger partial charge is 0.464 e. The molecule has 9 nitrogen and oxygen atoms in total. The summed E-state index contributed by atoms with van der Waals surface area (Å²) in [7, 11) is 0. The van der Waals surface area contributed by atoms with Crippen LogP contribution in [-0.2, 0) is 30.3 Å². The third kappa shape index (κ3) is 5.54. The van der Waals surface area contributed by atoms with Crippen molar-refractivity contribution >= 4 is 12.1 Å². The van der Waals surface area contributed by atoms with Gasteiger partial charge in [-0.1, -0.05) is 30.3 Å². The fraction of sp³-hybridized carbons (Fsp3) is 0.636. The number of benzene rings is 1. The van der Waals surface area contributed by atoms with Gasteiger partial charge in [-0.2, -0.15) is 0 Å². The van der Waals surface area contributed by atoms with Crippen LogP contribution in [0.25, 0.3) is 0 Å². The predicted molar refractivity (Wildman–Crippen MR) is 109 cm³/mol. The molecule has 0 radical (unpaired) electrons. The summed E-state index contributed by atoms with van der Waals surface area (Å²) in [6.45, 7) is 4.50. The maximum Gasteiger partial charge on any atom is 0.410 e. The molecule has 2 N–H and O–H groups in total. The van der Waals surface area contributed by atoms with E-state index in [2.05, 4.69) is 0 Å². The average Bonchev–Trinajstić information content (AvgIpc) is 2.77. The molecule has 2 aliphatic heterocycles. The molecule has 0 unspecified atom stereocenters. The molecule has 3 rings (SSSR count). The third-order valence-corrected chi connectivity index (χ3v) is 5.64. The maximum absolute atomic E-state index is 13.0. The Morgan fingerprint density at radius 3 is 2.48 bits per heavy atom. The van der Waals surface area contributed by atoms with Crippen LogP contribution in [0.3, 0.4) is 0 Å². The number of esters is 1. The van der Waals surface area contributed by atoms with Gasteiger partial charge in [0.15, 0.2) is 11.9 Å². The van der Waals surface area contributed by atoms with Gasteiger partial charge in [0, 0.05) is 18.9 Å². The lowest BCUT2D eigenvalue weighted by atomic mass is 9.86. The van der Waals surface area contributed by atoms with Gasteiger partial charge in [0.05, 0.1) is 25.9 Å². The summed E-state index contributed by atoms with van der Waals surface area (Å²) in [6.07, 6.45) is -2.85. The number of carbonyl (C=O) groups is 2. The van der Waals surface area contributed by atoms with Crippen molar-refractivity contribution in [1.29, 1.82) is 0 Å². The molecular weight excluding hydrogens is 406 g/mol. The number of hydrogen-bond acceptors (Lipinski definition) is 8. The minimum absolute atomic E-state index is 0.0582. The Morgan fingerprint density at radius 1 is 1.16 bits per heavy atom. The van der Waals surface area contributed by atoms with E-state index in [9.17, 15) is 19.8 Å². The van der Waals surface area contributed by atoms with Gasteiger partial charge in [0.2, 0.25) is 0 Å². The number of piperidine rings is 1. The molecule has 1 aromatic carbocycles. The van der Waals surface area contributed by atoms with Gasteiger partial charge in [-0.25, -0.2) is 9.59 Å². The minimum Gasteiger partial charge on any atom is -0.464 e. The summed E-state index contributed by atoms with van der Waals surface area (Å²) in [6, 6.07) is 7.83. The molecule has 1 amide bonds. The highest BCUT2D eigenvalue weighted by Gasteiger charge is 2.52. The number of aliphatic hydroxyl groups excluding tert-OH is 2. The number of amides is 1. The van der Waals surface area contributed by atoms with Crippen LogP contribution in [-0.4, -0.2) is 77.1 Å². The number of ether oxygens (including phenoxy) is 4. The molecule has 4 atom stereocenters. The summed E-state index contributed by atoms with van der Waals surface area (Å²) in [5.74, 6) is -1.95. The number of likely N-dealkylation sites (tertiary alicyclic amines) is 1. The Kier molecular flexibility index (Phi) is 7.88. The Morgan fingerprint density at radius 2 is 1.84 bits per heavy atom. The van der Waals surface area contributed by atoms with E-state index in [0.717, 1.165) is 12.0 Å². The summed E-state index contributed by atoms with van der Waals surface area (Å²) >= 11 is 0. The highest BCUT2D eigenvalue weighted by molar-refractivity contribution is 5.75. The summed E-state index contributed by atoms with van der Waals surface area (Å²) in [4.78, 5) is 26.4. The Bertz CT molecular complexity index is 736. The van der Waals surface area contributed by atoms with Crippen LogP contribution in [0.2, 0.25) is 0 Å². The zero-order valence-corrected chi connectivity index (χ0v) is 17.9. The van der Waals surface area contributed by atoms with Crippen LogP contribution in [0.4, 0.5) is 4.79 Å². The standard InChI is InChI=1S/C22H31NO8/c1-3-28-20(26)19(25)18(24)17-13-22(30-10-7-11-31-22)12-15(2)23(17)21(27)29-14-16-8-5-4-6-9-16/h4-6,8-9,15,17-19,24-25H,3,7,10-14H2,1-2H3/t15-,17-,18-,19+/m1/s1. The maximum atomic E-state index is 13.0. The van der Waals surface area contributed by atoms with Gasteiger partial charge in [0.25, 0.3) is 0 Å². The monoisotopic (exact) mass is 437 g/mol. The van der Waals surface area contributed by atoms with Gasteiger partial charge in [-0.3, -0.25) is 4.90 Å². The fourth-order valence-electron chi connectivity index (χ4n) is 4.20. The van der Waals surface area contributed by atoms with E-state index < -0.39 is 42.1 Å². The normalized spacial score (nSPS) is 25.0. The molecule has 9 heteroatoms. The van der Waals surface area contributed by atoms with Crippen LogP contribution in [0, 0.1) is 0 Å². The summed E-state index contributed by atoms with van der Waals surface area (Å²) < 4.78 is 22.1. The van der Waals surface area contributed by atoms with E-state index in [1.54, 1.807) is 13.8 Å². The van der Waals surface area contributed by atoms with E-state index in [-0.39, 0.29) is 19.6 Å². The Labute approximate surface area is 181 Å².